The van der Waals surface area contributed by atoms with Gasteiger partial charge in [0.1, 0.15) is 0 Å². The van der Waals surface area contributed by atoms with E-state index in [1.165, 1.54) is 18.4 Å². The van der Waals surface area contributed by atoms with Gasteiger partial charge < -0.3 is 5.32 Å². The average molecular weight is 252 g/mol. The monoisotopic (exact) mass is 251 g/mol. The van der Waals surface area contributed by atoms with Crippen LogP contribution in [0.4, 0.5) is 0 Å². The molecule has 1 N–H and O–H groups in total. The molecule has 0 saturated heterocycles. The van der Waals surface area contributed by atoms with Gasteiger partial charge in [-0.05, 0) is 30.5 Å². The van der Waals surface area contributed by atoms with Crippen molar-refractivity contribution in [1.29, 1.82) is 0 Å². The normalized spacial score (nSPS) is 18.0. The predicted molar refractivity (Wildman–Crippen MR) is 70.3 cm³/mol. The van der Waals surface area contributed by atoms with Crippen molar-refractivity contribution >= 4 is 17.5 Å². The Hall–Kier alpha value is -1.02. The SMILES string of the molecule is CC(=O)NCC1(c2ccc(Cl)cc2)CCCC1. The summed E-state index contributed by atoms with van der Waals surface area (Å²) < 4.78 is 0. The number of carbonyl (C=O) groups excluding carboxylic acids is 1. The van der Waals surface area contributed by atoms with E-state index in [2.05, 4.69) is 17.4 Å². The second-order valence-electron chi connectivity index (χ2n) is 4.90. The van der Waals surface area contributed by atoms with Crippen LogP contribution in [0.15, 0.2) is 24.3 Å². The number of benzene rings is 1. The maximum absolute atomic E-state index is 11.1. The van der Waals surface area contributed by atoms with Crippen molar-refractivity contribution in [3.05, 3.63) is 34.9 Å². The quantitative estimate of drug-likeness (QED) is 0.878. The van der Waals surface area contributed by atoms with E-state index in [4.69, 9.17) is 11.6 Å². The minimum Gasteiger partial charge on any atom is -0.355 e. The van der Waals surface area contributed by atoms with Gasteiger partial charge in [-0.1, -0.05) is 36.6 Å². The van der Waals surface area contributed by atoms with Crippen molar-refractivity contribution < 1.29 is 4.79 Å². The zero-order valence-corrected chi connectivity index (χ0v) is 10.9. The van der Waals surface area contributed by atoms with Gasteiger partial charge in [-0.2, -0.15) is 0 Å². The molecule has 0 bridgehead atoms. The minimum atomic E-state index is 0.0465. The lowest BCUT2D eigenvalue weighted by atomic mass is 9.79. The molecule has 0 atom stereocenters. The lowest BCUT2D eigenvalue weighted by molar-refractivity contribution is -0.119. The Bertz CT molecular complexity index is 393. The van der Waals surface area contributed by atoms with Gasteiger partial charge in [0.15, 0.2) is 0 Å². The summed E-state index contributed by atoms with van der Waals surface area (Å²) in [5.74, 6) is 0.0465. The molecular formula is C14H18ClNO. The summed E-state index contributed by atoms with van der Waals surface area (Å²) >= 11 is 5.92. The van der Waals surface area contributed by atoms with Crippen molar-refractivity contribution in [2.24, 2.45) is 0 Å². The molecule has 1 aliphatic rings. The zero-order valence-electron chi connectivity index (χ0n) is 10.1. The van der Waals surface area contributed by atoms with Crippen LogP contribution in [0.25, 0.3) is 0 Å². The van der Waals surface area contributed by atoms with Crippen LogP contribution in [0.5, 0.6) is 0 Å². The van der Waals surface area contributed by atoms with Gasteiger partial charge in [0.25, 0.3) is 0 Å². The number of hydrogen-bond acceptors (Lipinski definition) is 1. The molecule has 1 saturated carbocycles. The van der Waals surface area contributed by atoms with E-state index >= 15 is 0 Å². The molecule has 1 amide bonds. The first-order valence-electron chi connectivity index (χ1n) is 6.13. The fourth-order valence-electron chi connectivity index (χ4n) is 2.72. The van der Waals surface area contributed by atoms with Crippen molar-refractivity contribution in [1.82, 2.24) is 5.32 Å². The first-order valence-corrected chi connectivity index (χ1v) is 6.51. The fourth-order valence-corrected chi connectivity index (χ4v) is 2.84. The molecule has 0 unspecified atom stereocenters. The number of carbonyl (C=O) groups is 1. The molecule has 2 rings (SSSR count). The molecule has 0 aromatic heterocycles. The minimum absolute atomic E-state index is 0.0465. The van der Waals surface area contributed by atoms with Crippen molar-refractivity contribution in [2.45, 2.75) is 38.0 Å². The second-order valence-corrected chi connectivity index (χ2v) is 5.34. The van der Waals surface area contributed by atoms with E-state index in [1.54, 1.807) is 6.92 Å². The first-order chi connectivity index (χ1) is 8.12. The smallest absolute Gasteiger partial charge is 0.216 e. The van der Waals surface area contributed by atoms with E-state index < -0.39 is 0 Å². The number of rotatable bonds is 3. The van der Waals surface area contributed by atoms with E-state index in [-0.39, 0.29) is 11.3 Å². The molecule has 1 aromatic carbocycles. The Labute approximate surface area is 107 Å². The largest absolute Gasteiger partial charge is 0.355 e. The summed E-state index contributed by atoms with van der Waals surface area (Å²) in [6.07, 6.45) is 4.77. The summed E-state index contributed by atoms with van der Waals surface area (Å²) in [4.78, 5) is 11.1. The molecule has 0 aliphatic heterocycles. The standard InChI is InChI=1S/C14H18ClNO/c1-11(17)16-10-14(8-2-3-9-14)12-4-6-13(15)7-5-12/h4-7H,2-3,8-10H2,1H3,(H,16,17). The first kappa shape index (κ1) is 12.4. The summed E-state index contributed by atoms with van der Waals surface area (Å²) in [5, 5.41) is 3.73. The molecule has 2 nitrogen and oxygen atoms in total. The van der Waals surface area contributed by atoms with E-state index in [0.717, 1.165) is 24.4 Å². The molecule has 0 radical (unpaired) electrons. The zero-order chi connectivity index (χ0) is 12.3. The molecule has 17 heavy (non-hydrogen) atoms. The molecule has 3 heteroatoms. The van der Waals surface area contributed by atoms with E-state index in [0.29, 0.717) is 0 Å². The third-order valence-electron chi connectivity index (χ3n) is 3.69. The Kier molecular flexibility index (Phi) is 3.72. The molecular weight excluding hydrogens is 234 g/mol. The molecule has 0 heterocycles. The second kappa shape index (κ2) is 5.09. The number of amides is 1. The molecule has 1 fully saturated rings. The summed E-state index contributed by atoms with van der Waals surface area (Å²) in [7, 11) is 0. The van der Waals surface area contributed by atoms with Gasteiger partial charge in [0.2, 0.25) is 5.91 Å². The molecule has 1 aliphatic carbocycles. The van der Waals surface area contributed by atoms with Crippen LogP contribution in [-0.2, 0) is 10.2 Å². The highest BCUT2D eigenvalue weighted by atomic mass is 35.5. The van der Waals surface area contributed by atoms with Crippen LogP contribution in [0.1, 0.15) is 38.2 Å². The summed E-state index contributed by atoms with van der Waals surface area (Å²) in [5.41, 5.74) is 1.42. The Morgan fingerprint density at radius 2 is 1.88 bits per heavy atom. The highest BCUT2D eigenvalue weighted by Crippen LogP contribution is 2.40. The lowest BCUT2D eigenvalue weighted by Gasteiger charge is -2.29. The van der Waals surface area contributed by atoms with Gasteiger partial charge >= 0.3 is 0 Å². The number of halogens is 1. The van der Waals surface area contributed by atoms with Crippen LogP contribution in [0.2, 0.25) is 5.02 Å². The number of hydrogen-bond donors (Lipinski definition) is 1. The lowest BCUT2D eigenvalue weighted by Crippen LogP contribution is -2.38. The van der Waals surface area contributed by atoms with Gasteiger partial charge in [-0.3, -0.25) is 4.79 Å². The van der Waals surface area contributed by atoms with Crippen LogP contribution in [0.3, 0.4) is 0 Å². The van der Waals surface area contributed by atoms with Gasteiger partial charge in [0.05, 0.1) is 0 Å². The van der Waals surface area contributed by atoms with Crippen LogP contribution in [-0.4, -0.2) is 12.5 Å². The summed E-state index contributed by atoms with van der Waals surface area (Å²) in [6, 6.07) is 8.06. The van der Waals surface area contributed by atoms with Gasteiger partial charge in [0, 0.05) is 23.9 Å². The predicted octanol–water partition coefficient (Wildman–Crippen LogP) is 3.29. The van der Waals surface area contributed by atoms with Crippen LogP contribution in [0, 0.1) is 0 Å². The molecule has 1 aromatic rings. The Balaban J connectivity index is 2.21. The van der Waals surface area contributed by atoms with Crippen molar-refractivity contribution in [2.75, 3.05) is 6.54 Å². The number of nitrogens with one attached hydrogen (secondary N) is 1. The third kappa shape index (κ3) is 2.81. The van der Waals surface area contributed by atoms with Crippen LogP contribution >= 0.6 is 11.6 Å². The highest BCUT2D eigenvalue weighted by molar-refractivity contribution is 6.30. The average Bonchev–Trinajstić information content (AvgIpc) is 2.77. The molecule has 92 valence electrons. The Morgan fingerprint density at radius 1 is 1.29 bits per heavy atom. The maximum Gasteiger partial charge on any atom is 0.216 e. The molecule has 0 spiro atoms. The van der Waals surface area contributed by atoms with Gasteiger partial charge in [-0.15, -0.1) is 0 Å². The fraction of sp³-hybridized carbons (Fsp3) is 0.500. The maximum atomic E-state index is 11.1. The van der Waals surface area contributed by atoms with Crippen molar-refractivity contribution in [3.63, 3.8) is 0 Å². The van der Waals surface area contributed by atoms with Gasteiger partial charge in [-0.25, -0.2) is 0 Å². The van der Waals surface area contributed by atoms with Crippen LogP contribution < -0.4 is 5.32 Å². The Morgan fingerprint density at radius 3 is 2.41 bits per heavy atom. The van der Waals surface area contributed by atoms with Crippen molar-refractivity contribution in [3.8, 4) is 0 Å². The van der Waals surface area contributed by atoms with E-state index in [1.807, 2.05) is 12.1 Å². The topological polar surface area (TPSA) is 29.1 Å². The van der Waals surface area contributed by atoms with E-state index in [9.17, 15) is 4.79 Å². The third-order valence-corrected chi connectivity index (χ3v) is 3.94. The highest BCUT2D eigenvalue weighted by Gasteiger charge is 2.35. The summed E-state index contributed by atoms with van der Waals surface area (Å²) in [6.45, 7) is 2.31.